The molecule has 1 aromatic heterocycles. The van der Waals surface area contributed by atoms with Crippen molar-refractivity contribution in [3.05, 3.63) is 40.7 Å². The smallest absolute Gasteiger partial charge is 0.243 e. The third kappa shape index (κ3) is 3.03. The van der Waals surface area contributed by atoms with Crippen LogP contribution in [-0.4, -0.2) is 49.1 Å². The average molecular weight is 375 g/mol. The molecule has 140 valence electrons. The minimum absolute atomic E-state index is 0.447. The van der Waals surface area contributed by atoms with Crippen molar-refractivity contribution in [2.24, 2.45) is 0 Å². The summed E-state index contributed by atoms with van der Waals surface area (Å²) in [4.78, 5) is 2.68. The van der Waals surface area contributed by atoms with E-state index in [1.165, 1.54) is 17.5 Å². The van der Waals surface area contributed by atoms with Crippen molar-refractivity contribution in [1.82, 2.24) is 14.5 Å². The van der Waals surface area contributed by atoms with E-state index in [1.54, 1.807) is 10.4 Å². The molecule has 1 aromatic carbocycles. The Labute approximate surface area is 155 Å². The van der Waals surface area contributed by atoms with Crippen molar-refractivity contribution in [2.75, 3.05) is 31.1 Å². The van der Waals surface area contributed by atoms with Gasteiger partial charge in [-0.3, -0.25) is 5.10 Å². The number of hydrogen-bond donors (Lipinski definition) is 1. The number of nitrogens with zero attached hydrogens (tertiary/aromatic N) is 3. The van der Waals surface area contributed by atoms with Crippen LogP contribution < -0.4 is 4.90 Å². The quantitative estimate of drug-likeness (QED) is 0.896. The van der Waals surface area contributed by atoms with Crippen LogP contribution in [0.25, 0.3) is 0 Å². The molecule has 2 aromatic rings. The second kappa shape index (κ2) is 6.70. The second-order valence-electron chi connectivity index (χ2n) is 7.31. The molecule has 0 saturated carbocycles. The van der Waals surface area contributed by atoms with Gasteiger partial charge in [0.1, 0.15) is 0 Å². The van der Waals surface area contributed by atoms with Crippen molar-refractivity contribution in [3.63, 3.8) is 0 Å². The van der Waals surface area contributed by atoms with Crippen molar-refractivity contribution in [2.45, 2.75) is 44.4 Å². The van der Waals surface area contributed by atoms with Crippen LogP contribution in [0.4, 0.5) is 5.69 Å². The lowest BCUT2D eigenvalue weighted by Crippen LogP contribution is -2.49. The molecule has 1 aliphatic heterocycles. The van der Waals surface area contributed by atoms with E-state index in [2.05, 4.69) is 15.1 Å². The van der Waals surface area contributed by atoms with Gasteiger partial charge in [-0.1, -0.05) is 6.07 Å². The lowest BCUT2D eigenvalue weighted by Gasteiger charge is -2.35. The maximum atomic E-state index is 13.1. The van der Waals surface area contributed by atoms with Gasteiger partial charge in [-0.15, -0.1) is 0 Å². The van der Waals surface area contributed by atoms with Crippen LogP contribution in [0, 0.1) is 13.8 Å². The fourth-order valence-electron chi connectivity index (χ4n) is 4.18. The van der Waals surface area contributed by atoms with Crippen LogP contribution in [0.5, 0.6) is 0 Å². The predicted molar refractivity (Wildman–Crippen MR) is 102 cm³/mol. The minimum atomic E-state index is -3.42. The SMILES string of the molecule is Cc1n[nH]c(C)c1N1CCN(S(=O)(=O)c2ccc3c(c2)CCCC3)CC1. The van der Waals surface area contributed by atoms with Crippen molar-refractivity contribution in [1.29, 1.82) is 0 Å². The lowest BCUT2D eigenvalue weighted by atomic mass is 9.92. The van der Waals surface area contributed by atoms with Crippen LogP contribution >= 0.6 is 0 Å². The fraction of sp³-hybridized carbons (Fsp3) is 0.526. The van der Waals surface area contributed by atoms with Gasteiger partial charge >= 0.3 is 0 Å². The van der Waals surface area contributed by atoms with Gasteiger partial charge in [0.2, 0.25) is 10.0 Å². The van der Waals surface area contributed by atoms with Gasteiger partial charge in [0.15, 0.2) is 0 Å². The molecule has 4 rings (SSSR count). The Bertz CT molecular complexity index is 892. The van der Waals surface area contributed by atoms with Gasteiger partial charge < -0.3 is 4.90 Å². The zero-order valence-electron chi connectivity index (χ0n) is 15.5. The maximum Gasteiger partial charge on any atom is 0.243 e. The van der Waals surface area contributed by atoms with E-state index >= 15 is 0 Å². The number of H-pyrrole nitrogens is 1. The number of aromatic amines is 1. The van der Waals surface area contributed by atoms with E-state index in [0.717, 1.165) is 36.3 Å². The third-order valence-corrected chi connectivity index (χ3v) is 7.50. The zero-order chi connectivity index (χ0) is 18.3. The molecule has 6 nitrogen and oxygen atoms in total. The zero-order valence-corrected chi connectivity index (χ0v) is 16.3. The molecule has 0 amide bonds. The molecule has 1 N–H and O–H groups in total. The first-order chi connectivity index (χ1) is 12.5. The summed E-state index contributed by atoms with van der Waals surface area (Å²) in [7, 11) is -3.42. The second-order valence-corrected chi connectivity index (χ2v) is 9.25. The number of hydrogen-bond acceptors (Lipinski definition) is 4. The van der Waals surface area contributed by atoms with E-state index in [9.17, 15) is 8.42 Å². The molecule has 1 saturated heterocycles. The van der Waals surface area contributed by atoms with Crippen LogP contribution in [0.2, 0.25) is 0 Å². The van der Waals surface area contributed by atoms with Crippen LogP contribution in [-0.2, 0) is 22.9 Å². The number of nitrogens with one attached hydrogen (secondary N) is 1. The molecular formula is C19H26N4O2S. The summed E-state index contributed by atoms with van der Waals surface area (Å²) >= 11 is 0. The molecule has 0 spiro atoms. The number of sulfonamides is 1. The summed E-state index contributed by atoms with van der Waals surface area (Å²) in [6, 6.07) is 5.70. The Hall–Kier alpha value is -1.86. The first kappa shape index (κ1) is 17.5. The Kier molecular flexibility index (Phi) is 4.52. The first-order valence-electron chi connectivity index (χ1n) is 9.35. The van der Waals surface area contributed by atoms with E-state index in [1.807, 2.05) is 26.0 Å². The number of rotatable bonds is 3. The molecule has 2 heterocycles. The van der Waals surface area contributed by atoms with Gasteiger partial charge in [-0.05, 0) is 62.8 Å². The number of benzene rings is 1. The van der Waals surface area contributed by atoms with Crippen molar-refractivity contribution < 1.29 is 8.42 Å². The van der Waals surface area contributed by atoms with Crippen LogP contribution in [0.3, 0.4) is 0 Å². The lowest BCUT2D eigenvalue weighted by molar-refractivity contribution is 0.384. The van der Waals surface area contributed by atoms with E-state index in [0.29, 0.717) is 31.1 Å². The van der Waals surface area contributed by atoms with Gasteiger partial charge in [0, 0.05) is 26.2 Å². The molecule has 1 aliphatic carbocycles. The maximum absolute atomic E-state index is 13.1. The summed E-state index contributed by atoms with van der Waals surface area (Å²) < 4.78 is 27.8. The first-order valence-corrected chi connectivity index (χ1v) is 10.8. The van der Waals surface area contributed by atoms with Crippen molar-refractivity contribution in [3.8, 4) is 0 Å². The molecule has 0 atom stereocenters. The highest BCUT2D eigenvalue weighted by Crippen LogP contribution is 2.28. The highest BCUT2D eigenvalue weighted by Gasteiger charge is 2.30. The molecule has 2 aliphatic rings. The van der Waals surface area contributed by atoms with Gasteiger partial charge in [0.05, 0.1) is 22.0 Å². The minimum Gasteiger partial charge on any atom is -0.366 e. The molecule has 7 heteroatoms. The van der Waals surface area contributed by atoms with Crippen molar-refractivity contribution >= 4 is 15.7 Å². The number of fused-ring (bicyclic) bond motifs is 1. The van der Waals surface area contributed by atoms with E-state index < -0.39 is 10.0 Å². The molecule has 26 heavy (non-hydrogen) atoms. The number of anilines is 1. The molecule has 1 fully saturated rings. The summed E-state index contributed by atoms with van der Waals surface area (Å²) in [6.07, 6.45) is 4.41. The summed E-state index contributed by atoms with van der Waals surface area (Å²) in [5.41, 5.74) is 5.63. The summed E-state index contributed by atoms with van der Waals surface area (Å²) in [5.74, 6) is 0. The standard InChI is InChI=1S/C19H26N4O2S/c1-14-19(15(2)21-20-14)22-9-11-23(12-10-22)26(24,25)18-8-7-16-5-3-4-6-17(16)13-18/h7-8,13H,3-6,9-12H2,1-2H3,(H,20,21). The third-order valence-electron chi connectivity index (χ3n) is 5.60. The Balaban J connectivity index is 1.51. The van der Waals surface area contributed by atoms with Gasteiger partial charge in [-0.25, -0.2) is 8.42 Å². The molecule has 0 unspecified atom stereocenters. The Morgan fingerprint density at radius 3 is 2.35 bits per heavy atom. The largest absolute Gasteiger partial charge is 0.366 e. The Morgan fingerprint density at radius 2 is 1.69 bits per heavy atom. The van der Waals surface area contributed by atoms with Crippen LogP contribution in [0.15, 0.2) is 23.1 Å². The molecular weight excluding hydrogens is 348 g/mol. The average Bonchev–Trinajstić information content (AvgIpc) is 3.00. The molecule has 0 bridgehead atoms. The number of aryl methyl sites for hydroxylation is 4. The van der Waals surface area contributed by atoms with Gasteiger partial charge in [0.25, 0.3) is 0 Å². The predicted octanol–water partition coefficient (Wildman–Crippen LogP) is 2.42. The van der Waals surface area contributed by atoms with E-state index in [-0.39, 0.29) is 0 Å². The monoisotopic (exact) mass is 374 g/mol. The van der Waals surface area contributed by atoms with Gasteiger partial charge in [-0.2, -0.15) is 9.40 Å². The van der Waals surface area contributed by atoms with E-state index in [4.69, 9.17) is 0 Å². The topological polar surface area (TPSA) is 69.3 Å². The highest BCUT2D eigenvalue weighted by molar-refractivity contribution is 7.89. The normalized spacial score (nSPS) is 18.8. The Morgan fingerprint density at radius 1 is 1.00 bits per heavy atom. The van der Waals surface area contributed by atoms with Crippen LogP contribution in [0.1, 0.15) is 35.4 Å². The fourth-order valence-corrected chi connectivity index (χ4v) is 5.66. The number of aromatic nitrogens is 2. The highest BCUT2D eigenvalue weighted by atomic mass is 32.2. The summed E-state index contributed by atoms with van der Waals surface area (Å²) in [5, 5.41) is 7.26. The molecule has 0 radical (unpaired) electrons. The summed E-state index contributed by atoms with van der Waals surface area (Å²) in [6.45, 7) is 6.37. The number of piperazine rings is 1.